The number of carbonyl (C=O) groups is 1. The number of amides is 1. The average Bonchev–Trinajstić information content (AvgIpc) is 2.74. The molecule has 2 rings (SSSR count). The van der Waals surface area contributed by atoms with Crippen LogP contribution in [0, 0.1) is 0 Å². The molecule has 0 bridgehead atoms. The van der Waals surface area contributed by atoms with Crippen molar-refractivity contribution in [2.45, 2.75) is 32.2 Å². The van der Waals surface area contributed by atoms with Gasteiger partial charge in [-0.15, -0.1) is 11.3 Å². The predicted molar refractivity (Wildman–Crippen MR) is 70.2 cm³/mol. The van der Waals surface area contributed by atoms with Crippen molar-refractivity contribution < 1.29 is 13.2 Å². The Bertz CT molecular complexity index is 543. The van der Waals surface area contributed by atoms with E-state index < -0.39 is 22.0 Å². The van der Waals surface area contributed by atoms with E-state index in [1.54, 1.807) is 0 Å². The van der Waals surface area contributed by atoms with Crippen molar-refractivity contribution >= 4 is 32.4 Å². The minimum absolute atomic E-state index is 0.396. The fraction of sp³-hybridized carbons (Fsp3) is 0.600. The summed E-state index contributed by atoms with van der Waals surface area (Å²) in [6.45, 7) is 1.50. The molecule has 1 amide bonds. The van der Waals surface area contributed by atoms with Crippen molar-refractivity contribution in [3.05, 3.63) is 10.6 Å². The smallest absolute Gasteiger partial charge is 0.244 e. The molecule has 0 radical (unpaired) electrons. The summed E-state index contributed by atoms with van der Waals surface area (Å²) < 4.78 is 24.2. The third-order valence-electron chi connectivity index (χ3n) is 2.61. The van der Waals surface area contributed by atoms with E-state index in [-0.39, 0.29) is 0 Å². The van der Waals surface area contributed by atoms with E-state index in [0.717, 1.165) is 31.2 Å². The van der Waals surface area contributed by atoms with Gasteiger partial charge in [-0.1, -0.05) is 0 Å². The van der Waals surface area contributed by atoms with Crippen LogP contribution in [0.1, 0.15) is 23.9 Å². The number of fused-ring (bicyclic) bond motifs is 1. The van der Waals surface area contributed by atoms with Crippen molar-refractivity contribution in [2.24, 2.45) is 0 Å². The Kier molecular flexibility index (Phi) is 3.69. The molecule has 1 heterocycles. The Morgan fingerprint density at radius 3 is 2.78 bits per heavy atom. The highest BCUT2D eigenvalue weighted by Crippen LogP contribution is 2.30. The number of carbonyl (C=O) groups excluding carboxylic acids is 1. The molecule has 0 fully saturated rings. The number of nitrogens with zero attached hydrogens (tertiary/aromatic N) is 1. The standard InChI is InChI=1S/C10H15N3O3S2/c1-6(13-18(2,15)16)9(14)12-10-11-7-4-3-5-8(7)17-10/h6,13H,3-5H2,1-2H3,(H,11,12,14). The molecule has 0 spiro atoms. The van der Waals surface area contributed by atoms with E-state index >= 15 is 0 Å². The lowest BCUT2D eigenvalue weighted by Crippen LogP contribution is -2.40. The maximum atomic E-state index is 11.7. The highest BCUT2D eigenvalue weighted by Gasteiger charge is 2.21. The van der Waals surface area contributed by atoms with E-state index in [0.29, 0.717) is 5.13 Å². The monoisotopic (exact) mass is 289 g/mol. The number of anilines is 1. The number of rotatable bonds is 4. The highest BCUT2D eigenvalue weighted by atomic mass is 32.2. The summed E-state index contributed by atoms with van der Waals surface area (Å²) in [5, 5.41) is 3.18. The topological polar surface area (TPSA) is 88.2 Å². The molecule has 100 valence electrons. The first-order valence-electron chi connectivity index (χ1n) is 5.62. The normalized spacial score (nSPS) is 16.3. The first kappa shape index (κ1) is 13.4. The number of aryl methyl sites for hydroxylation is 2. The van der Waals surface area contributed by atoms with Gasteiger partial charge in [0.05, 0.1) is 18.0 Å². The van der Waals surface area contributed by atoms with Gasteiger partial charge in [0.1, 0.15) is 0 Å². The van der Waals surface area contributed by atoms with Crippen molar-refractivity contribution in [2.75, 3.05) is 11.6 Å². The van der Waals surface area contributed by atoms with Gasteiger partial charge < -0.3 is 5.32 Å². The van der Waals surface area contributed by atoms with Gasteiger partial charge >= 0.3 is 0 Å². The van der Waals surface area contributed by atoms with Gasteiger partial charge in [-0.3, -0.25) is 4.79 Å². The van der Waals surface area contributed by atoms with Crippen molar-refractivity contribution in [3.63, 3.8) is 0 Å². The fourth-order valence-electron chi connectivity index (χ4n) is 1.83. The van der Waals surface area contributed by atoms with Crippen LogP contribution in [-0.2, 0) is 27.7 Å². The average molecular weight is 289 g/mol. The van der Waals surface area contributed by atoms with Gasteiger partial charge in [0.25, 0.3) is 0 Å². The van der Waals surface area contributed by atoms with Crippen LogP contribution in [0.15, 0.2) is 0 Å². The first-order chi connectivity index (χ1) is 8.35. The molecule has 8 heteroatoms. The van der Waals surface area contributed by atoms with Crippen molar-refractivity contribution in [1.82, 2.24) is 9.71 Å². The number of aromatic nitrogens is 1. The van der Waals surface area contributed by atoms with Crippen LogP contribution in [0.3, 0.4) is 0 Å². The van der Waals surface area contributed by atoms with Crippen LogP contribution in [-0.4, -0.2) is 31.6 Å². The number of thiazole rings is 1. The zero-order chi connectivity index (χ0) is 13.3. The van der Waals surface area contributed by atoms with Gasteiger partial charge in [-0.25, -0.2) is 18.1 Å². The summed E-state index contributed by atoms with van der Waals surface area (Å²) in [4.78, 5) is 17.3. The molecule has 6 nitrogen and oxygen atoms in total. The molecule has 1 atom stereocenters. The van der Waals surface area contributed by atoms with E-state index in [9.17, 15) is 13.2 Å². The number of hydrogen-bond donors (Lipinski definition) is 2. The largest absolute Gasteiger partial charge is 0.301 e. The van der Waals surface area contributed by atoms with Crippen molar-refractivity contribution in [1.29, 1.82) is 0 Å². The number of sulfonamides is 1. The molecule has 1 aromatic rings. The second-order valence-electron chi connectivity index (χ2n) is 4.34. The Morgan fingerprint density at radius 1 is 1.44 bits per heavy atom. The van der Waals surface area contributed by atoms with Crippen LogP contribution < -0.4 is 10.0 Å². The maximum Gasteiger partial charge on any atom is 0.244 e. The Hall–Kier alpha value is -0.990. The number of nitrogens with one attached hydrogen (secondary N) is 2. The lowest BCUT2D eigenvalue weighted by molar-refractivity contribution is -0.117. The van der Waals surface area contributed by atoms with E-state index in [1.807, 2.05) is 0 Å². The molecule has 0 saturated heterocycles. The van der Waals surface area contributed by atoms with Gasteiger partial charge in [-0.05, 0) is 26.2 Å². The maximum absolute atomic E-state index is 11.7. The van der Waals surface area contributed by atoms with Gasteiger partial charge in [0, 0.05) is 4.88 Å². The summed E-state index contributed by atoms with van der Waals surface area (Å²) in [6.07, 6.45) is 4.11. The van der Waals surface area contributed by atoms with Crippen LogP contribution >= 0.6 is 11.3 Å². The Morgan fingerprint density at radius 2 is 2.17 bits per heavy atom. The van der Waals surface area contributed by atoms with Crippen LogP contribution in [0.2, 0.25) is 0 Å². The van der Waals surface area contributed by atoms with Crippen LogP contribution in [0.25, 0.3) is 0 Å². The SMILES string of the molecule is CC(NS(C)(=O)=O)C(=O)Nc1nc2c(s1)CCC2. The van der Waals surface area contributed by atoms with Crippen LogP contribution in [0.5, 0.6) is 0 Å². The molecule has 18 heavy (non-hydrogen) atoms. The zero-order valence-corrected chi connectivity index (χ0v) is 11.8. The molecule has 2 N–H and O–H groups in total. The summed E-state index contributed by atoms with van der Waals surface area (Å²) in [5.74, 6) is -0.396. The molecule has 0 saturated carbocycles. The molecular weight excluding hydrogens is 274 g/mol. The molecule has 0 aromatic carbocycles. The minimum atomic E-state index is -3.38. The quantitative estimate of drug-likeness (QED) is 0.845. The Balaban J connectivity index is 1.98. The van der Waals surface area contributed by atoms with Crippen LogP contribution in [0.4, 0.5) is 5.13 Å². The van der Waals surface area contributed by atoms with E-state index in [4.69, 9.17) is 0 Å². The lowest BCUT2D eigenvalue weighted by Gasteiger charge is -2.10. The molecule has 1 unspecified atom stereocenters. The van der Waals surface area contributed by atoms with E-state index in [1.165, 1.54) is 23.1 Å². The molecule has 1 aliphatic carbocycles. The zero-order valence-electron chi connectivity index (χ0n) is 10.2. The highest BCUT2D eigenvalue weighted by molar-refractivity contribution is 7.88. The van der Waals surface area contributed by atoms with E-state index in [2.05, 4.69) is 15.0 Å². The Labute approximate surface area is 110 Å². The molecule has 1 aromatic heterocycles. The number of hydrogen-bond acceptors (Lipinski definition) is 5. The van der Waals surface area contributed by atoms with Gasteiger partial charge in [0.15, 0.2) is 5.13 Å². The summed E-state index contributed by atoms with van der Waals surface area (Å²) in [5.41, 5.74) is 1.05. The third kappa shape index (κ3) is 3.27. The second-order valence-corrected chi connectivity index (χ2v) is 7.21. The van der Waals surface area contributed by atoms with Crippen molar-refractivity contribution in [3.8, 4) is 0 Å². The molecule has 0 aliphatic heterocycles. The van der Waals surface area contributed by atoms with Gasteiger partial charge in [-0.2, -0.15) is 0 Å². The fourth-order valence-corrected chi connectivity index (χ4v) is 3.63. The summed E-state index contributed by atoms with van der Waals surface area (Å²) in [7, 11) is -3.38. The second kappa shape index (κ2) is 4.94. The predicted octanol–water partition coefficient (Wildman–Crippen LogP) is 0.508. The summed E-state index contributed by atoms with van der Waals surface area (Å²) in [6, 6.07) is -0.807. The molecule has 1 aliphatic rings. The first-order valence-corrected chi connectivity index (χ1v) is 8.33. The third-order valence-corrected chi connectivity index (χ3v) is 4.46. The minimum Gasteiger partial charge on any atom is -0.301 e. The summed E-state index contributed by atoms with van der Waals surface area (Å²) >= 11 is 1.47. The van der Waals surface area contributed by atoms with Gasteiger partial charge in [0.2, 0.25) is 15.9 Å². The lowest BCUT2D eigenvalue weighted by atomic mass is 10.3. The molecular formula is C10H15N3O3S2.